The van der Waals surface area contributed by atoms with E-state index in [9.17, 15) is 4.79 Å². The normalized spacial score (nSPS) is 17.1. The second-order valence-corrected chi connectivity index (χ2v) is 9.04. The lowest BCUT2D eigenvalue weighted by Gasteiger charge is -2.21. The SMILES string of the molecule is Cc1ccc(-n2nc3c(c2NC(=O)CCC2CCCCC2)CSC3)c(C)c1. The van der Waals surface area contributed by atoms with Gasteiger partial charge in [0.25, 0.3) is 0 Å². The molecule has 0 unspecified atom stereocenters. The first-order valence-corrected chi connectivity index (χ1v) is 11.3. The lowest BCUT2D eigenvalue weighted by atomic mass is 9.86. The number of rotatable bonds is 5. The summed E-state index contributed by atoms with van der Waals surface area (Å²) < 4.78 is 1.96. The Morgan fingerprint density at radius 2 is 2.04 bits per heavy atom. The molecule has 0 spiro atoms. The number of aromatic nitrogens is 2. The van der Waals surface area contributed by atoms with Crippen LogP contribution in [0.3, 0.4) is 0 Å². The predicted octanol–water partition coefficient (Wildman–Crippen LogP) is 5.53. The quantitative estimate of drug-likeness (QED) is 0.738. The molecular weight excluding hydrogens is 354 g/mol. The zero-order valence-corrected chi connectivity index (χ0v) is 17.2. The molecule has 144 valence electrons. The van der Waals surface area contributed by atoms with Crippen molar-refractivity contribution in [3.05, 3.63) is 40.6 Å². The van der Waals surface area contributed by atoms with Crippen LogP contribution < -0.4 is 5.32 Å². The third-order valence-corrected chi connectivity index (χ3v) is 6.86. The van der Waals surface area contributed by atoms with Crippen molar-refractivity contribution in [2.45, 2.75) is 70.3 Å². The minimum absolute atomic E-state index is 0.131. The van der Waals surface area contributed by atoms with Crippen LogP contribution in [0.25, 0.3) is 5.69 Å². The molecule has 1 fully saturated rings. The summed E-state index contributed by atoms with van der Waals surface area (Å²) in [5.41, 5.74) is 5.79. The molecule has 1 aromatic carbocycles. The van der Waals surface area contributed by atoms with Gasteiger partial charge in [0.15, 0.2) is 0 Å². The van der Waals surface area contributed by atoms with E-state index in [1.165, 1.54) is 48.8 Å². The molecule has 1 aromatic heterocycles. The Kier molecular flexibility index (Phi) is 5.58. The van der Waals surface area contributed by atoms with Crippen molar-refractivity contribution in [1.29, 1.82) is 0 Å². The van der Waals surface area contributed by atoms with Crippen LogP contribution in [0.5, 0.6) is 0 Å². The van der Waals surface area contributed by atoms with Crippen LogP contribution in [0.4, 0.5) is 5.82 Å². The summed E-state index contributed by atoms with van der Waals surface area (Å²) in [5, 5.41) is 8.05. The van der Waals surface area contributed by atoms with E-state index >= 15 is 0 Å². The number of benzene rings is 1. The van der Waals surface area contributed by atoms with E-state index in [0.29, 0.717) is 6.42 Å². The van der Waals surface area contributed by atoms with Crippen LogP contribution in [-0.2, 0) is 16.3 Å². The van der Waals surface area contributed by atoms with E-state index in [-0.39, 0.29) is 5.91 Å². The Morgan fingerprint density at radius 1 is 1.22 bits per heavy atom. The van der Waals surface area contributed by atoms with Gasteiger partial charge in [-0.1, -0.05) is 49.8 Å². The Hall–Kier alpha value is -1.75. The molecule has 1 saturated carbocycles. The number of nitrogens with one attached hydrogen (secondary N) is 1. The number of thioether (sulfide) groups is 1. The van der Waals surface area contributed by atoms with Crippen LogP contribution in [0.2, 0.25) is 0 Å². The number of amides is 1. The van der Waals surface area contributed by atoms with Gasteiger partial charge in [0.2, 0.25) is 5.91 Å². The summed E-state index contributed by atoms with van der Waals surface area (Å²) >= 11 is 1.87. The van der Waals surface area contributed by atoms with Crippen LogP contribution in [0, 0.1) is 19.8 Å². The van der Waals surface area contributed by atoms with Gasteiger partial charge in [-0.25, -0.2) is 4.68 Å². The van der Waals surface area contributed by atoms with Gasteiger partial charge in [0.05, 0.1) is 11.4 Å². The molecule has 1 N–H and O–H groups in total. The molecule has 1 aliphatic heterocycles. The molecule has 2 aliphatic rings. The van der Waals surface area contributed by atoms with E-state index in [1.807, 2.05) is 16.4 Å². The first-order chi connectivity index (χ1) is 13.1. The third-order valence-electron chi connectivity index (χ3n) is 5.89. The molecule has 27 heavy (non-hydrogen) atoms. The summed E-state index contributed by atoms with van der Waals surface area (Å²) in [6.07, 6.45) is 8.24. The first kappa shape index (κ1) is 18.6. The van der Waals surface area contributed by atoms with Gasteiger partial charge in [-0.05, 0) is 37.8 Å². The summed E-state index contributed by atoms with van der Waals surface area (Å²) in [6, 6.07) is 6.39. The highest BCUT2D eigenvalue weighted by Gasteiger charge is 2.25. The topological polar surface area (TPSA) is 46.9 Å². The zero-order valence-electron chi connectivity index (χ0n) is 16.4. The molecule has 1 amide bonds. The number of nitrogens with zero attached hydrogens (tertiary/aromatic N) is 2. The molecule has 0 radical (unpaired) electrons. The van der Waals surface area contributed by atoms with Gasteiger partial charge in [0, 0.05) is 23.5 Å². The summed E-state index contributed by atoms with van der Waals surface area (Å²) in [6.45, 7) is 4.21. The fraction of sp³-hybridized carbons (Fsp3) is 0.545. The van der Waals surface area contributed by atoms with Crippen LogP contribution >= 0.6 is 11.8 Å². The average molecular weight is 384 g/mol. The van der Waals surface area contributed by atoms with Gasteiger partial charge in [-0.2, -0.15) is 16.9 Å². The van der Waals surface area contributed by atoms with E-state index in [0.717, 1.165) is 41.0 Å². The number of hydrogen-bond donors (Lipinski definition) is 1. The van der Waals surface area contributed by atoms with Crippen molar-refractivity contribution in [2.75, 3.05) is 5.32 Å². The van der Waals surface area contributed by atoms with Crippen molar-refractivity contribution in [1.82, 2.24) is 9.78 Å². The van der Waals surface area contributed by atoms with Crippen molar-refractivity contribution < 1.29 is 4.79 Å². The van der Waals surface area contributed by atoms with Crippen LogP contribution in [0.15, 0.2) is 18.2 Å². The molecule has 1 aliphatic carbocycles. The molecule has 4 nitrogen and oxygen atoms in total. The van der Waals surface area contributed by atoms with Gasteiger partial charge in [-0.15, -0.1) is 0 Å². The largest absolute Gasteiger partial charge is 0.310 e. The lowest BCUT2D eigenvalue weighted by Crippen LogP contribution is -2.18. The highest BCUT2D eigenvalue weighted by atomic mass is 32.2. The molecule has 0 bridgehead atoms. The van der Waals surface area contributed by atoms with E-state index in [4.69, 9.17) is 5.10 Å². The Bertz CT molecular complexity index is 836. The van der Waals surface area contributed by atoms with E-state index in [1.54, 1.807) is 0 Å². The van der Waals surface area contributed by atoms with Crippen molar-refractivity contribution in [2.24, 2.45) is 5.92 Å². The molecule has 2 aromatic rings. The number of carbonyl (C=O) groups is 1. The predicted molar refractivity (Wildman–Crippen MR) is 112 cm³/mol. The standard InChI is InChI=1S/C22H29N3OS/c1-15-8-10-20(16(2)12-15)25-22(18-13-27-14-19(18)24-25)23-21(26)11-9-17-6-4-3-5-7-17/h8,10,12,17H,3-7,9,11,13-14H2,1-2H3,(H,23,26). The van der Waals surface area contributed by atoms with Gasteiger partial charge in [0.1, 0.15) is 5.82 Å². The number of aryl methyl sites for hydroxylation is 2. The second kappa shape index (κ2) is 8.09. The lowest BCUT2D eigenvalue weighted by molar-refractivity contribution is -0.116. The molecule has 0 saturated heterocycles. The van der Waals surface area contributed by atoms with Crippen molar-refractivity contribution in [3.63, 3.8) is 0 Å². The maximum absolute atomic E-state index is 12.7. The molecular formula is C22H29N3OS. The van der Waals surface area contributed by atoms with Crippen LogP contribution in [0.1, 0.15) is 67.3 Å². The minimum Gasteiger partial charge on any atom is -0.310 e. The minimum atomic E-state index is 0.131. The van der Waals surface area contributed by atoms with Gasteiger partial charge >= 0.3 is 0 Å². The van der Waals surface area contributed by atoms with Crippen molar-refractivity contribution >= 4 is 23.5 Å². The Labute approximate surface area is 166 Å². The monoisotopic (exact) mass is 383 g/mol. The summed E-state index contributed by atoms with van der Waals surface area (Å²) in [5.74, 6) is 3.60. The highest BCUT2D eigenvalue weighted by Crippen LogP contribution is 2.37. The molecule has 5 heteroatoms. The molecule has 4 rings (SSSR count). The zero-order chi connectivity index (χ0) is 18.8. The van der Waals surface area contributed by atoms with Crippen LogP contribution in [-0.4, -0.2) is 15.7 Å². The van der Waals surface area contributed by atoms with Gasteiger partial charge < -0.3 is 5.32 Å². The maximum atomic E-state index is 12.7. The van der Waals surface area contributed by atoms with E-state index in [2.05, 4.69) is 37.4 Å². The highest BCUT2D eigenvalue weighted by molar-refractivity contribution is 7.98. The fourth-order valence-electron chi connectivity index (χ4n) is 4.36. The summed E-state index contributed by atoms with van der Waals surface area (Å²) in [4.78, 5) is 12.7. The van der Waals surface area contributed by atoms with Crippen molar-refractivity contribution in [3.8, 4) is 5.69 Å². The number of anilines is 1. The molecule has 0 atom stereocenters. The third kappa shape index (κ3) is 4.08. The average Bonchev–Trinajstić information content (AvgIpc) is 3.24. The fourth-order valence-corrected chi connectivity index (χ4v) is 5.40. The second-order valence-electron chi connectivity index (χ2n) is 8.06. The van der Waals surface area contributed by atoms with Gasteiger partial charge in [-0.3, -0.25) is 4.79 Å². The Morgan fingerprint density at radius 3 is 2.81 bits per heavy atom. The number of hydrogen-bond acceptors (Lipinski definition) is 3. The number of fused-ring (bicyclic) bond motifs is 1. The Balaban J connectivity index is 1.53. The first-order valence-electron chi connectivity index (χ1n) is 10.2. The molecule has 2 heterocycles. The van der Waals surface area contributed by atoms with E-state index < -0.39 is 0 Å². The maximum Gasteiger partial charge on any atom is 0.225 e. The smallest absolute Gasteiger partial charge is 0.225 e. The summed E-state index contributed by atoms with van der Waals surface area (Å²) in [7, 11) is 0. The number of carbonyl (C=O) groups excluding carboxylic acids is 1.